The highest BCUT2D eigenvalue weighted by Gasteiger charge is 2.28. The van der Waals surface area contributed by atoms with Crippen LogP contribution >= 0.6 is 0 Å². The van der Waals surface area contributed by atoms with Gasteiger partial charge in [0.2, 0.25) is 10.0 Å². The molecule has 1 fully saturated rings. The molecule has 29 heavy (non-hydrogen) atoms. The Hall–Kier alpha value is -1.96. The van der Waals surface area contributed by atoms with E-state index in [-0.39, 0.29) is 11.6 Å². The molecular weight excluding hydrogens is 391 g/mol. The van der Waals surface area contributed by atoms with E-state index < -0.39 is 10.0 Å². The summed E-state index contributed by atoms with van der Waals surface area (Å²) < 4.78 is 46.3. The minimum Gasteiger partial charge on any atom is -0.494 e. The molecule has 7 heteroatoms. The van der Waals surface area contributed by atoms with Gasteiger partial charge < -0.3 is 4.74 Å². The predicted molar refractivity (Wildman–Crippen MR) is 112 cm³/mol. The van der Waals surface area contributed by atoms with Crippen molar-refractivity contribution >= 4 is 10.0 Å². The summed E-state index contributed by atoms with van der Waals surface area (Å²) >= 11 is 0. The fourth-order valence-electron chi connectivity index (χ4n) is 3.55. The zero-order chi connectivity index (χ0) is 21.0. The predicted octanol–water partition coefficient (Wildman–Crippen LogP) is 3.85. The third-order valence-corrected chi connectivity index (χ3v) is 7.57. The molecule has 5 nitrogen and oxygen atoms in total. The van der Waals surface area contributed by atoms with Crippen LogP contribution in [0.3, 0.4) is 0 Å². The first kappa shape index (κ1) is 21.7. The van der Waals surface area contributed by atoms with Crippen molar-refractivity contribution in [3.05, 3.63) is 59.4 Å². The van der Waals surface area contributed by atoms with Gasteiger partial charge in [0.25, 0.3) is 0 Å². The molecule has 3 rings (SSSR count). The Morgan fingerprint density at radius 2 is 1.72 bits per heavy atom. The average Bonchev–Trinajstić information content (AvgIpc) is 2.74. The van der Waals surface area contributed by atoms with E-state index in [1.807, 2.05) is 18.2 Å². The van der Waals surface area contributed by atoms with E-state index in [2.05, 4.69) is 18.7 Å². The molecule has 1 atom stereocenters. The number of rotatable bonds is 7. The first-order valence-electron chi connectivity index (χ1n) is 10.00. The van der Waals surface area contributed by atoms with E-state index in [1.165, 1.54) is 17.5 Å². The van der Waals surface area contributed by atoms with Crippen molar-refractivity contribution in [3.8, 4) is 5.75 Å². The number of halogens is 1. The second-order valence-electron chi connectivity index (χ2n) is 7.53. The number of nitrogens with zero attached hydrogens (tertiary/aromatic N) is 2. The third-order valence-electron chi connectivity index (χ3n) is 5.65. The molecule has 0 amide bonds. The first-order chi connectivity index (χ1) is 13.8. The van der Waals surface area contributed by atoms with Crippen LogP contribution in [0.4, 0.5) is 4.39 Å². The third kappa shape index (κ3) is 4.97. The Balaban J connectivity index is 1.61. The minimum absolute atomic E-state index is 0.226. The van der Waals surface area contributed by atoms with Gasteiger partial charge in [-0.2, -0.15) is 4.31 Å². The lowest BCUT2D eigenvalue weighted by Crippen LogP contribution is -2.48. The molecule has 0 N–H and O–H groups in total. The van der Waals surface area contributed by atoms with E-state index in [0.29, 0.717) is 43.5 Å². The second kappa shape index (κ2) is 9.24. The lowest BCUT2D eigenvalue weighted by Gasteiger charge is -2.34. The summed E-state index contributed by atoms with van der Waals surface area (Å²) in [6, 6.07) is 12.2. The van der Waals surface area contributed by atoms with Gasteiger partial charge in [0.05, 0.1) is 12.0 Å². The second-order valence-corrected chi connectivity index (χ2v) is 9.47. The molecule has 0 aliphatic carbocycles. The average molecular weight is 421 g/mol. The monoisotopic (exact) mass is 420 g/mol. The summed E-state index contributed by atoms with van der Waals surface area (Å²) in [6.07, 6.45) is 1.02. The lowest BCUT2D eigenvalue weighted by molar-refractivity contribution is 0.181. The van der Waals surface area contributed by atoms with Gasteiger partial charge in [0, 0.05) is 32.7 Å². The van der Waals surface area contributed by atoms with Crippen LogP contribution in [0.2, 0.25) is 0 Å². The van der Waals surface area contributed by atoms with Crippen molar-refractivity contribution in [2.75, 3.05) is 33.3 Å². The van der Waals surface area contributed by atoms with Crippen LogP contribution in [0.15, 0.2) is 47.4 Å². The fourth-order valence-corrected chi connectivity index (χ4v) is 4.97. The molecule has 1 heterocycles. The summed E-state index contributed by atoms with van der Waals surface area (Å²) in [5.41, 5.74) is 2.00. The van der Waals surface area contributed by atoms with Crippen molar-refractivity contribution in [1.82, 2.24) is 9.21 Å². The van der Waals surface area contributed by atoms with Gasteiger partial charge in [-0.3, -0.25) is 4.90 Å². The van der Waals surface area contributed by atoms with Gasteiger partial charge in [0.1, 0.15) is 0 Å². The molecular formula is C22H29FN2O3S. The van der Waals surface area contributed by atoms with Gasteiger partial charge in [-0.15, -0.1) is 0 Å². The number of methoxy groups -OCH3 is 1. The normalized spacial score (nSPS) is 17.2. The number of ether oxygens (including phenoxy) is 1. The van der Waals surface area contributed by atoms with Crippen LogP contribution in [0.25, 0.3) is 0 Å². The number of hydrogen-bond donors (Lipinski definition) is 0. The zero-order valence-corrected chi connectivity index (χ0v) is 18.1. The van der Waals surface area contributed by atoms with Gasteiger partial charge in [-0.25, -0.2) is 12.8 Å². The topological polar surface area (TPSA) is 49.9 Å². The standard InChI is InChI=1S/C22H29FN2O3S/c1-4-17(2)19-6-8-20(9-7-19)29(26,27)25-13-11-24(12-14-25)16-18-5-10-22(28-3)21(23)15-18/h5-10,15,17H,4,11-14,16H2,1-3H3/t17-/m0/s1. The Kier molecular flexibility index (Phi) is 6.93. The van der Waals surface area contributed by atoms with E-state index in [0.717, 1.165) is 17.5 Å². The molecule has 2 aromatic rings. The molecule has 0 bridgehead atoms. The largest absolute Gasteiger partial charge is 0.494 e. The van der Waals surface area contributed by atoms with Crippen molar-refractivity contribution in [2.24, 2.45) is 0 Å². The van der Waals surface area contributed by atoms with Crippen LogP contribution in [-0.2, 0) is 16.6 Å². The van der Waals surface area contributed by atoms with Crippen molar-refractivity contribution < 1.29 is 17.5 Å². The summed E-state index contributed by atoms with van der Waals surface area (Å²) in [5.74, 6) is 0.258. The quantitative estimate of drug-likeness (QED) is 0.683. The molecule has 1 aliphatic heterocycles. The number of sulfonamides is 1. The summed E-state index contributed by atoms with van der Waals surface area (Å²) in [6.45, 7) is 6.91. The molecule has 158 valence electrons. The molecule has 0 aromatic heterocycles. The molecule has 1 aliphatic rings. The number of benzene rings is 2. The molecule has 1 saturated heterocycles. The highest BCUT2D eigenvalue weighted by molar-refractivity contribution is 7.89. The fraction of sp³-hybridized carbons (Fsp3) is 0.455. The van der Waals surface area contributed by atoms with Gasteiger partial charge in [0.15, 0.2) is 11.6 Å². The van der Waals surface area contributed by atoms with E-state index in [1.54, 1.807) is 18.2 Å². The molecule has 0 spiro atoms. The maximum atomic E-state index is 13.9. The highest BCUT2D eigenvalue weighted by Crippen LogP contribution is 2.24. The SMILES string of the molecule is CC[C@H](C)c1ccc(S(=O)(=O)N2CCN(Cc3ccc(OC)c(F)c3)CC2)cc1. The van der Waals surface area contributed by atoms with Crippen LogP contribution in [0, 0.1) is 5.82 Å². The van der Waals surface area contributed by atoms with Crippen LogP contribution in [-0.4, -0.2) is 50.9 Å². The highest BCUT2D eigenvalue weighted by atomic mass is 32.2. The molecule has 2 aromatic carbocycles. The summed E-state index contributed by atoms with van der Waals surface area (Å²) in [4.78, 5) is 2.48. The van der Waals surface area contributed by atoms with Crippen LogP contribution in [0.1, 0.15) is 37.3 Å². The molecule has 0 saturated carbocycles. The maximum absolute atomic E-state index is 13.9. The molecule has 0 unspecified atom stereocenters. The minimum atomic E-state index is -3.49. The maximum Gasteiger partial charge on any atom is 0.243 e. The Morgan fingerprint density at radius 1 is 1.07 bits per heavy atom. The summed E-state index contributed by atoms with van der Waals surface area (Å²) in [5, 5.41) is 0. The number of piperazine rings is 1. The Labute approximate surface area is 173 Å². The van der Waals surface area contributed by atoms with Crippen LogP contribution < -0.4 is 4.74 Å². The smallest absolute Gasteiger partial charge is 0.243 e. The van der Waals surface area contributed by atoms with Gasteiger partial charge in [-0.1, -0.05) is 32.0 Å². The number of hydrogen-bond acceptors (Lipinski definition) is 4. The van der Waals surface area contributed by atoms with Crippen molar-refractivity contribution in [1.29, 1.82) is 0 Å². The van der Waals surface area contributed by atoms with E-state index in [9.17, 15) is 12.8 Å². The van der Waals surface area contributed by atoms with Crippen molar-refractivity contribution in [2.45, 2.75) is 37.6 Å². The zero-order valence-electron chi connectivity index (χ0n) is 17.3. The lowest BCUT2D eigenvalue weighted by atomic mass is 9.99. The van der Waals surface area contributed by atoms with Gasteiger partial charge >= 0.3 is 0 Å². The van der Waals surface area contributed by atoms with Gasteiger partial charge in [-0.05, 0) is 47.7 Å². The Bertz CT molecular complexity index is 924. The van der Waals surface area contributed by atoms with E-state index >= 15 is 0 Å². The first-order valence-corrected chi connectivity index (χ1v) is 11.4. The van der Waals surface area contributed by atoms with Crippen molar-refractivity contribution in [3.63, 3.8) is 0 Å². The Morgan fingerprint density at radius 3 is 2.28 bits per heavy atom. The molecule has 0 radical (unpaired) electrons. The van der Waals surface area contributed by atoms with E-state index in [4.69, 9.17) is 4.74 Å². The summed E-state index contributed by atoms with van der Waals surface area (Å²) in [7, 11) is -2.05. The van der Waals surface area contributed by atoms with Crippen LogP contribution in [0.5, 0.6) is 5.75 Å².